The average Bonchev–Trinajstić information content (AvgIpc) is 2.38. The summed E-state index contributed by atoms with van der Waals surface area (Å²) < 4.78 is 5.14. The Bertz CT molecular complexity index is 522. The summed E-state index contributed by atoms with van der Waals surface area (Å²) in [7, 11) is 0. The first-order valence-electron chi connectivity index (χ1n) is 7.16. The molecule has 0 atom stereocenters. The summed E-state index contributed by atoms with van der Waals surface area (Å²) >= 11 is 0. The van der Waals surface area contributed by atoms with E-state index >= 15 is 0 Å². The first-order chi connectivity index (χ1) is 9.92. The molecule has 0 bridgehead atoms. The molecule has 0 saturated carbocycles. The number of hydrogen-bond donors (Lipinski definition) is 2. The lowest BCUT2D eigenvalue weighted by Gasteiger charge is -2.19. The molecule has 0 spiro atoms. The highest BCUT2D eigenvalue weighted by atomic mass is 16.6. The van der Waals surface area contributed by atoms with E-state index < -0.39 is 11.7 Å². The van der Waals surface area contributed by atoms with Gasteiger partial charge in [0.05, 0.1) is 0 Å². The summed E-state index contributed by atoms with van der Waals surface area (Å²) in [5, 5.41) is 2.68. The van der Waals surface area contributed by atoms with Gasteiger partial charge in [-0.2, -0.15) is 0 Å². The van der Waals surface area contributed by atoms with Crippen molar-refractivity contribution in [3.63, 3.8) is 0 Å². The smallest absolute Gasteiger partial charge is 0.407 e. The molecule has 1 amide bonds. The molecule has 114 valence electrons. The molecule has 0 fully saturated rings. The molecule has 21 heavy (non-hydrogen) atoms. The van der Waals surface area contributed by atoms with E-state index in [1.807, 2.05) is 45.0 Å². The van der Waals surface area contributed by atoms with E-state index in [4.69, 9.17) is 10.5 Å². The van der Waals surface area contributed by atoms with Crippen LogP contribution in [0.3, 0.4) is 0 Å². The van der Waals surface area contributed by atoms with Crippen LogP contribution >= 0.6 is 0 Å². The average molecular weight is 288 g/mol. The molecule has 3 N–H and O–H groups in total. The van der Waals surface area contributed by atoms with Crippen molar-refractivity contribution in [2.24, 2.45) is 5.73 Å². The van der Waals surface area contributed by atoms with Crippen LogP contribution in [0.2, 0.25) is 0 Å². The van der Waals surface area contributed by atoms with Gasteiger partial charge >= 0.3 is 6.09 Å². The predicted molar refractivity (Wildman–Crippen MR) is 84.9 cm³/mol. The van der Waals surface area contributed by atoms with E-state index in [1.165, 1.54) is 0 Å². The first-order valence-corrected chi connectivity index (χ1v) is 7.16. The second-order valence-electron chi connectivity index (χ2n) is 5.68. The zero-order chi connectivity index (χ0) is 15.7. The quantitative estimate of drug-likeness (QED) is 0.661. The lowest BCUT2D eigenvalue weighted by molar-refractivity contribution is 0.0529. The predicted octanol–water partition coefficient (Wildman–Crippen LogP) is 2.45. The number of carbonyl (C=O) groups excluding carboxylic acids is 1. The first kappa shape index (κ1) is 17.1. The lowest BCUT2D eigenvalue weighted by atomic mass is 10.1. The van der Waals surface area contributed by atoms with E-state index in [2.05, 4.69) is 17.2 Å². The Morgan fingerprint density at radius 1 is 1.33 bits per heavy atom. The SMILES string of the molecule is CC(C)(C)OC(=O)NCCC#Cc1ccccc1CCN. The Balaban J connectivity index is 2.42. The van der Waals surface area contributed by atoms with Crippen molar-refractivity contribution in [1.82, 2.24) is 5.32 Å². The monoisotopic (exact) mass is 288 g/mol. The van der Waals surface area contributed by atoms with Gasteiger partial charge in [0.25, 0.3) is 0 Å². The summed E-state index contributed by atoms with van der Waals surface area (Å²) in [6.45, 7) is 6.59. The minimum Gasteiger partial charge on any atom is -0.444 e. The topological polar surface area (TPSA) is 64.3 Å². The minimum absolute atomic E-state index is 0.409. The fourth-order valence-electron chi connectivity index (χ4n) is 1.71. The number of nitrogens with one attached hydrogen (secondary N) is 1. The highest BCUT2D eigenvalue weighted by Crippen LogP contribution is 2.07. The largest absolute Gasteiger partial charge is 0.444 e. The maximum atomic E-state index is 11.4. The van der Waals surface area contributed by atoms with Crippen molar-refractivity contribution in [2.45, 2.75) is 39.2 Å². The molecule has 4 nitrogen and oxygen atoms in total. The number of nitrogens with two attached hydrogens (primary N) is 1. The standard InChI is InChI=1S/C17H24N2O2/c1-17(2,3)21-16(20)19-13-7-6-10-14-8-4-5-9-15(14)11-12-18/h4-5,8-9H,7,11-13,18H2,1-3H3,(H,19,20). The van der Waals surface area contributed by atoms with Crippen LogP contribution in [0.4, 0.5) is 4.79 Å². The molecular weight excluding hydrogens is 264 g/mol. The van der Waals surface area contributed by atoms with Crippen LogP contribution in [0.15, 0.2) is 24.3 Å². The van der Waals surface area contributed by atoms with Crippen LogP contribution in [-0.4, -0.2) is 24.8 Å². The summed E-state index contributed by atoms with van der Waals surface area (Å²) in [6, 6.07) is 7.97. The van der Waals surface area contributed by atoms with Crippen LogP contribution in [0.25, 0.3) is 0 Å². The van der Waals surface area contributed by atoms with Crippen LogP contribution < -0.4 is 11.1 Å². The molecule has 1 rings (SSSR count). The van der Waals surface area contributed by atoms with Gasteiger partial charge in [-0.15, -0.1) is 0 Å². The van der Waals surface area contributed by atoms with E-state index in [-0.39, 0.29) is 0 Å². The van der Waals surface area contributed by atoms with Crippen molar-refractivity contribution < 1.29 is 9.53 Å². The summed E-state index contributed by atoms with van der Waals surface area (Å²) in [6.07, 6.45) is 0.991. The Morgan fingerprint density at radius 3 is 2.71 bits per heavy atom. The number of benzene rings is 1. The number of alkyl carbamates (subject to hydrolysis) is 1. The number of hydrogen-bond acceptors (Lipinski definition) is 3. The molecule has 1 aromatic rings. The molecule has 0 aliphatic heterocycles. The third-order valence-electron chi connectivity index (χ3n) is 2.57. The summed E-state index contributed by atoms with van der Waals surface area (Å²) in [5.74, 6) is 6.18. The normalized spacial score (nSPS) is 10.5. The van der Waals surface area contributed by atoms with E-state index in [0.29, 0.717) is 19.5 Å². The molecular formula is C17H24N2O2. The molecule has 0 radical (unpaired) electrons. The van der Waals surface area contributed by atoms with Gasteiger partial charge in [0.2, 0.25) is 0 Å². The maximum Gasteiger partial charge on any atom is 0.407 e. The summed E-state index contributed by atoms with van der Waals surface area (Å²) in [5.41, 5.74) is 7.26. The van der Waals surface area contributed by atoms with E-state index in [9.17, 15) is 4.79 Å². The Hall–Kier alpha value is -1.99. The molecule has 0 heterocycles. The van der Waals surface area contributed by atoms with Gasteiger partial charge in [-0.25, -0.2) is 4.79 Å². The molecule has 1 aromatic carbocycles. The van der Waals surface area contributed by atoms with Gasteiger partial charge in [-0.05, 0) is 45.4 Å². The van der Waals surface area contributed by atoms with Crippen molar-refractivity contribution in [1.29, 1.82) is 0 Å². The van der Waals surface area contributed by atoms with Crippen molar-refractivity contribution in [3.8, 4) is 11.8 Å². The molecule has 0 saturated heterocycles. The van der Waals surface area contributed by atoms with E-state index in [0.717, 1.165) is 17.5 Å². The second-order valence-corrected chi connectivity index (χ2v) is 5.68. The highest BCUT2D eigenvalue weighted by molar-refractivity contribution is 5.67. The number of rotatable bonds is 4. The number of ether oxygens (including phenoxy) is 1. The van der Waals surface area contributed by atoms with Crippen molar-refractivity contribution in [3.05, 3.63) is 35.4 Å². The van der Waals surface area contributed by atoms with Crippen LogP contribution in [-0.2, 0) is 11.2 Å². The summed E-state index contributed by atoms with van der Waals surface area (Å²) in [4.78, 5) is 11.4. The third-order valence-corrected chi connectivity index (χ3v) is 2.57. The van der Waals surface area contributed by atoms with Crippen LogP contribution in [0, 0.1) is 11.8 Å². The van der Waals surface area contributed by atoms with Gasteiger partial charge in [0.15, 0.2) is 0 Å². The Morgan fingerprint density at radius 2 is 2.05 bits per heavy atom. The fourth-order valence-corrected chi connectivity index (χ4v) is 1.71. The van der Waals surface area contributed by atoms with Crippen molar-refractivity contribution in [2.75, 3.05) is 13.1 Å². The van der Waals surface area contributed by atoms with E-state index in [1.54, 1.807) is 0 Å². The van der Waals surface area contributed by atoms with Crippen LogP contribution in [0.5, 0.6) is 0 Å². The fraction of sp³-hybridized carbons (Fsp3) is 0.471. The Labute approximate surface area is 127 Å². The van der Waals surface area contributed by atoms with Gasteiger partial charge in [-0.3, -0.25) is 0 Å². The maximum absolute atomic E-state index is 11.4. The molecule has 0 aromatic heterocycles. The molecule has 0 aliphatic carbocycles. The third kappa shape index (κ3) is 7.38. The van der Waals surface area contributed by atoms with Gasteiger partial charge in [0, 0.05) is 18.5 Å². The minimum atomic E-state index is -0.475. The van der Waals surface area contributed by atoms with Crippen LogP contribution in [0.1, 0.15) is 38.3 Å². The van der Waals surface area contributed by atoms with Crippen molar-refractivity contribution >= 4 is 6.09 Å². The number of amides is 1. The van der Waals surface area contributed by atoms with Gasteiger partial charge in [0.1, 0.15) is 5.60 Å². The zero-order valence-corrected chi connectivity index (χ0v) is 13.0. The Kier molecular flexibility index (Phi) is 6.77. The molecule has 0 unspecified atom stereocenters. The highest BCUT2D eigenvalue weighted by Gasteiger charge is 2.15. The lowest BCUT2D eigenvalue weighted by Crippen LogP contribution is -2.32. The second kappa shape index (κ2) is 8.33. The van der Waals surface area contributed by atoms with Gasteiger partial charge in [-0.1, -0.05) is 30.0 Å². The molecule has 0 aliphatic rings. The molecule has 4 heteroatoms. The van der Waals surface area contributed by atoms with Gasteiger partial charge < -0.3 is 15.8 Å². The zero-order valence-electron chi connectivity index (χ0n) is 13.0. The number of carbonyl (C=O) groups is 1.